The number of pyridine rings is 1. The quantitative estimate of drug-likeness (QED) is 0.865. The predicted octanol–water partition coefficient (Wildman–Crippen LogP) is 1.14. The van der Waals surface area contributed by atoms with Gasteiger partial charge in [0.25, 0.3) is 11.7 Å². The molecule has 0 spiro atoms. The number of H-pyrrole nitrogens is 1. The van der Waals surface area contributed by atoms with Crippen molar-refractivity contribution >= 4 is 17.4 Å². The van der Waals surface area contributed by atoms with Crippen LogP contribution in [0.25, 0.3) is 0 Å². The predicted molar refractivity (Wildman–Crippen MR) is 105 cm³/mol. The Morgan fingerprint density at radius 1 is 1.12 bits per heavy atom. The zero-order chi connectivity index (χ0) is 18.6. The van der Waals surface area contributed by atoms with E-state index < -0.39 is 0 Å². The Kier molecular flexibility index (Phi) is 5.57. The fraction of sp³-hybridized carbons (Fsp3) is 0.429. The van der Waals surface area contributed by atoms with E-state index in [0.717, 1.165) is 37.7 Å². The third-order valence-corrected chi connectivity index (χ3v) is 4.95. The van der Waals surface area contributed by atoms with E-state index in [4.69, 9.17) is 0 Å². The molecule has 0 bridgehead atoms. The second-order valence-electron chi connectivity index (χ2n) is 8.04. The molecule has 0 atom stereocenters. The second kappa shape index (κ2) is 7.87. The number of rotatable bonds is 4. The highest BCUT2D eigenvalue weighted by molar-refractivity contribution is 5.91. The van der Waals surface area contributed by atoms with Gasteiger partial charge in [0.05, 0.1) is 6.20 Å². The molecular weight excluding hydrogens is 324 g/mol. The molecule has 26 heavy (non-hydrogen) atoms. The van der Waals surface area contributed by atoms with Crippen molar-refractivity contribution in [3.05, 3.63) is 54.2 Å². The fourth-order valence-electron chi connectivity index (χ4n) is 3.31. The van der Waals surface area contributed by atoms with Crippen molar-refractivity contribution in [2.45, 2.75) is 26.2 Å². The van der Waals surface area contributed by atoms with Crippen molar-refractivity contribution in [3.8, 4) is 0 Å². The van der Waals surface area contributed by atoms with Crippen LogP contribution in [0.1, 0.15) is 26.3 Å². The van der Waals surface area contributed by atoms with Crippen LogP contribution in [0.2, 0.25) is 0 Å². The number of nitrogens with one attached hydrogen (secondary N) is 3. The van der Waals surface area contributed by atoms with E-state index in [-0.39, 0.29) is 11.3 Å². The molecule has 1 amide bonds. The number of nitrogens with zero attached hydrogens (tertiary/aromatic N) is 1. The first-order valence-electron chi connectivity index (χ1n) is 9.37. The zero-order valence-corrected chi connectivity index (χ0v) is 16.0. The SMILES string of the molecule is CC(C)(C)c1ccc(NC(=O)C[NH+]2CCN(c3cccc[nH+]3)CC2)cc1. The van der Waals surface area contributed by atoms with Gasteiger partial charge in [0.15, 0.2) is 6.54 Å². The first-order chi connectivity index (χ1) is 12.4. The third-order valence-electron chi connectivity index (χ3n) is 4.95. The van der Waals surface area contributed by atoms with Crippen LogP contribution in [0.3, 0.4) is 0 Å². The molecule has 1 aliphatic heterocycles. The summed E-state index contributed by atoms with van der Waals surface area (Å²) in [6, 6.07) is 14.3. The number of aromatic nitrogens is 1. The molecule has 138 valence electrons. The average Bonchev–Trinajstić information content (AvgIpc) is 2.63. The number of piperazine rings is 1. The summed E-state index contributed by atoms with van der Waals surface area (Å²) in [6.45, 7) is 11.0. The Hall–Kier alpha value is -2.40. The first kappa shape index (κ1) is 18.4. The van der Waals surface area contributed by atoms with E-state index in [0.29, 0.717) is 6.54 Å². The molecule has 5 heteroatoms. The molecule has 5 nitrogen and oxygen atoms in total. The van der Waals surface area contributed by atoms with E-state index in [1.807, 2.05) is 30.5 Å². The van der Waals surface area contributed by atoms with Crippen LogP contribution < -0.4 is 20.1 Å². The molecule has 3 N–H and O–H groups in total. The van der Waals surface area contributed by atoms with Crippen molar-refractivity contribution < 1.29 is 14.7 Å². The maximum absolute atomic E-state index is 12.4. The van der Waals surface area contributed by atoms with Crippen molar-refractivity contribution in [1.82, 2.24) is 0 Å². The molecule has 2 heterocycles. The molecular formula is C21H30N4O+2. The molecule has 1 aromatic heterocycles. The lowest BCUT2D eigenvalue weighted by Crippen LogP contribution is -3.15. The summed E-state index contributed by atoms with van der Waals surface area (Å²) in [7, 11) is 0. The molecule has 1 aromatic carbocycles. The molecule has 0 radical (unpaired) electrons. The lowest BCUT2D eigenvalue weighted by Gasteiger charge is -2.27. The van der Waals surface area contributed by atoms with E-state index in [9.17, 15) is 4.79 Å². The van der Waals surface area contributed by atoms with Gasteiger partial charge >= 0.3 is 0 Å². The number of anilines is 2. The molecule has 0 unspecified atom stereocenters. The number of carbonyl (C=O) groups is 1. The van der Waals surface area contributed by atoms with Crippen molar-refractivity contribution in [3.63, 3.8) is 0 Å². The number of hydrogen-bond acceptors (Lipinski definition) is 2. The molecule has 1 saturated heterocycles. The molecule has 1 fully saturated rings. The van der Waals surface area contributed by atoms with Gasteiger partial charge in [-0.1, -0.05) is 39.0 Å². The molecule has 1 aliphatic rings. The summed E-state index contributed by atoms with van der Waals surface area (Å²) in [5, 5.41) is 3.03. The molecule has 3 rings (SSSR count). The van der Waals surface area contributed by atoms with Crippen LogP contribution in [-0.4, -0.2) is 38.6 Å². The lowest BCUT2D eigenvalue weighted by atomic mass is 9.87. The lowest BCUT2D eigenvalue weighted by molar-refractivity contribution is -0.892. The van der Waals surface area contributed by atoms with Crippen LogP contribution in [0.15, 0.2) is 48.7 Å². The second-order valence-corrected chi connectivity index (χ2v) is 8.04. The van der Waals surface area contributed by atoms with Crippen LogP contribution in [-0.2, 0) is 10.2 Å². The maximum Gasteiger partial charge on any atom is 0.279 e. The van der Waals surface area contributed by atoms with E-state index in [1.54, 1.807) is 0 Å². The van der Waals surface area contributed by atoms with Gasteiger partial charge in [-0.3, -0.25) is 9.69 Å². The average molecular weight is 354 g/mol. The van der Waals surface area contributed by atoms with Crippen molar-refractivity contribution in [2.24, 2.45) is 0 Å². The van der Waals surface area contributed by atoms with E-state index in [1.165, 1.54) is 10.5 Å². The summed E-state index contributed by atoms with van der Waals surface area (Å²) < 4.78 is 0. The van der Waals surface area contributed by atoms with Crippen molar-refractivity contribution in [1.29, 1.82) is 0 Å². The summed E-state index contributed by atoms with van der Waals surface area (Å²) in [5.74, 6) is 1.23. The van der Waals surface area contributed by atoms with Gasteiger partial charge in [0, 0.05) is 11.8 Å². The highest BCUT2D eigenvalue weighted by atomic mass is 16.2. The molecule has 2 aromatic rings. The minimum absolute atomic E-state index is 0.0863. The third kappa shape index (κ3) is 4.82. The largest absolute Gasteiger partial charge is 0.321 e. The monoisotopic (exact) mass is 354 g/mol. The zero-order valence-electron chi connectivity index (χ0n) is 16.0. The summed E-state index contributed by atoms with van der Waals surface area (Å²) in [5.41, 5.74) is 2.28. The number of amides is 1. The smallest absolute Gasteiger partial charge is 0.279 e. The Morgan fingerprint density at radius 3 is 2.38 bits per heavy atom. The standard InChI is InChI=1S/C21H28N4O/c1-21(2,3)17-7-9-18(10-8-17)23-20(26)16-24-12-14-25(15-13-24)19-6-4-5-11-22-19/h4-11H,12-16H2,1-3H3,(H,23,26)/p+2. The van der Waals surface area contributed by atoms with Gasteiger partial charge in [-0.15, -0.1) is 0 Å². The number of quaternary nitrogens is 1. The van der Waals surface area contributed by atoms with Crippen LogP contribution in [0, 0.1) is 0 Å². The Labute approximate surface area is 156 Å². The fourth-order valence-corrected chi connectivity index (χ4v) is 3.31. The summed E-state index contributed by atoms with van der Waals surface area (Å²) >= 11 is 0. The van der Waals surface area contributed by atoms with Gasteiger partial charge in [0.2, 0.25) is 0 Å². The Morgan fingerprint density at radius 2 is 1.81 bits per heavy atom. The summed E-state index contributed by atoms with van der Waals surface area (Å²) in [4.78, 5) is 19.3. The van der Waals surface area contributed by atoms with E-state index in [2.05, 4.69) is 54.2 Å². The van der Waals surface area contributed by atoms with Crippen LogP contribution >= 0.6 is 0 Å². The Balaban J connectivity index is 1.47. The van der Waals surface area contributed by atoms with Crippen molar-refractivity contribution in [2.75, 3.05) is 42.9 Å². The highest BCUT2D eigenvalue weighted by Gasteiger charge is 2.27. The number of hydrogen-bond donors (Lipinski definition) is 2. The van der Waals surface area contributed by atoms with Gasteiger partial charge in [0.1, 0.15) is 26.2 Å². The maximum atomic E-state index is 12.4. The number of carbonyl (C=O) groups excluding carboxylic acids is 1. The molecule has 0 saturated carbocycles. The van der Waals surface area contributed by atoms with Gasteiger partial charge in [-0.25, -0.2) is 4.98 Å². The van der Waals surface area contributed by atoms with E-state index >= 15 is 0 Å². The minimum atomic E-state index is 0.0863. The number of aromatic amines is 1. The van der Waals surface area contributed by atoms with Gasteiger partial charge < -0.3 is 10.2 Å². The Bertz CT molecular complexity index is 714. The number of benzene rings is 1. The minimum Gasteiger partial charge on any atom is -0.321 e. The van der Waals surface area contributed by atoms with Gasteiger partial charge in [-0.2, -0.15) is 0 Å². The van der Waals surface area contributed by atoms with Crippen LogP contribution in [0.5, 0.6) is 0 Å². The topological polar surface area (TPSA) is 50.9 Å². The first-order valence-corrected chi connectivity index (χ1v) is 9.37. The van der Waals surface area contributed by atoms with Crippen LogP contribution in [0.4, 0.5) is 11.5 Å². The molecule has 0 aliphatic carbocycles. The summed E-state index contributed by atoms with van der Waals surface area (Å²) in [6.07, 6.45) is 1.95. The van der Waals surface area contributed by atoms with Gasteiger partial charge in [-0.05, 0) is 29.2 Å². The highest BCUT2D eigenvalue weighted by Crippen LogP contribution is 2.23. The normalized spacial score (nSPS) is 15.7.